The lowest BCUT2D eigenvalue weighted by molar-refractivity contribution is -0.113. The number of carbonyl (C=O) groups excluding carboxylic acids is 1. The Morgan fingerprint density at radius 1 is 1.03 bits per heavy atom. The molecule has 10 heteroatoms. The van der Waals surface area contributed by atoms with Crippen molar-refractivity contribution in [3.05, 3.63) is 86.3 Å². The van der Waals surface area contributed by atoms with E-state index in [0.29, 0.717) is 10.7 Å². The van der Waals surface area contributed by atoms with Crippen molar-refractivity contribution in [1.82, 2.24) is 18.7 Å². The maximum atomic E-state index is 14.4. The summed E-state index contributed by atoms with van der Waals surface area (Å²) >= 11 is 1.12. The summed E-state index contributed by atoms with van der Waals surface area (Å²) in [5, 5.41) is 3.25. The van der Waals surface area contributed by atoms with Crippen molar-refractivity contribution in [2.75, 3.05) is 11.1 Å². The van der Waals surface area contributed by atoms with Gasteiger partial charge in [0.2, 0.25) is 5.91 Å². The number of hydrogen-bond donors (Lipinski definition) is 1. The van der Waals surface area contributed by atoms with E-state index in [4.69, 9.17) is 0 Å². The summed E-state index contributed by atoms with van der Waals surface area (Å²) < 4.78 is 18.2. The first-order valence-electron chi connectivity index (χ1n) is 10.7. The van der Waals surface area contributed by atoms with Crippen molar-refractivity contribution in [3.8, 4) is 0 Å². The van der Waals surface area contributed by atoms with Gasteiger partial charge in [0.05, 0.1) is 12.3 Å². The number of hydrogen-bond acceptors (Lipinski definition) is 5. The number of halogens is 1. The Bertz CT molecular complexity index is 1510. The summed E-state index contributed by atoms with van der Waals surface area (Å²) in [5.41, 5.74) is 1.43. The van der Waals surface area contributed by atoms with Gasteiger partial charge < -0.3 is 9.88 Å². The number of rotatable bonds is 7. The zero-order valence-corrected chi connectivity index (χ0v) is 19.9. The summed E-state index contributed by atoms with van der Waals surface area (Å²) in [7, 11) is 2.91. The summed E-state index contributed by atoms with van der Waals surface area (Å²) in [4.78, 5) is 42.6. The Labute approximate surface area is 199 Å². The van der Waals surface area contributed by atoms with Crippen LogP contribution in [0, 0.1) is 5.82 Å². The van der Waals surface area contributed by atoms with Crippen molar-refractivity contribution >= 4 is 34.5 Å². The molecule has 0 radical (unpaired) electrons. The van der Waals surface area contributed by atoms with Crippen LogP contribution in [0.1, 0.15) is 18.1 Å². The average Bonchev–Trinajstić information content (AvgIpc) is 3.20. The molecule has 2 aromatic heterocycles. The molecule has 176 valence electrons. The molecule has 0 aliphatic heterocycles. The molecule has 0 fully saturated rings. The van der Waals surface area contributed by atoms with Gasteiger partial charge in [-0.15, -0.1) is 0 Å². The van der Waals surface area contributed by atoms with E-state index < -0.39 is 17.1 Å². The van der Waals surface area contributed by atoms with Gasteiger partial charge in [0.1, 0.15) is 5.82 Å². The number of aromatic nitrogens is 4. The van der Waals surface area contributed by atoms with E-state index in [-0.39, 0.29) is 29.4 Å². The van der Waals surface area contributed by atoms with Gasteiger partial charge in [-0.25, -0.2) is 14.2 Å². The molecule has 0 spiro atoms. The second-order valence-electron chi connectivity index (χ2n) is 7.80. The number of carbonyl (C=O) groups is 1. The van der Waals surface area contributed by atoms with E-state index in [2.05, 4.69) is 10.3 Å². The Kier molecular flexibility index (Phi) is 6.69. The zero-order chi connectivity index (χ0) is 24.4. The van der Waals surface area contributed by atoms with Crippen molar-refractivity contribution in [2.24, 2.45) is 14.1 Å². The fourth-order valence-corrected chi connectivity index (χ4v) is 4.54. The lowest BCUT2D eigenvalue weighted by Crippen LogP contribution is -2.37. The van der Waals surface area contributed by atoms with Crippen LogP contribution in [0.2, 0.25) is 0 Å². The standard InChI is InChI=1S/C24H24FN5O3S/c1-4-15-9-6-8-12-18(15)26-19(31)14-34-23-27-21-20(22(32)29(3)24(33)28(21)2)30(23)13-16-10-5-7-11-17(16)25/h5-12H,4,13-14H2,1-3H3,(H,26,31). The van der Waals surface area contributed by atoms with Gasteiger partial charge in [0.15, 0.2) is 16.3 Å². The predicted molar refractivity (Wildman–Crippen MR) is 131 cm³/mol. The highest BCUT2D eigenvalue weighted by Gasteiger charge is 2.21. The fraction of sp³-hybridized carbons (Fsp3) is 0.250. The number of nitrogens with one attached hydrogen (secondary N) is 1. The molecule has 34 heavy (non-hydrogen) atoms. The molecule has 0 aliphatic carbocycles. The first-order chi connectivity index (χ1) is 16.3. The van der Waals surface area contributed by atoms with Crippen LogP contribution >= 0.6 is 11.8 Å². The fourth-order valence-electron chi connectivity index (χ4n) is 3.75. The molecule has 2 heterocycles. The zero-order valence-electron chi connectivity index (χ0n) is 19.0. The Morgan fingerprint density at radius 3 is 2.41 bits per heavy atom. The van der Waals surface area contributed by atoms with Gasteiger partial charge >= 0.3 is 5.69 Å². The average molecular weight is 482 g/mol. The largest absolute Gasteiger partial charge is 0.332 e. The van der Waals surface area contributed by atoms with E-state index in [0.717, 1.165) is 34.0 Å². The van der Waals surface area contributed by atoms with Gasteiger partial charge in [-0.05, 0) is 24.1 Å². The SMILES string of the molecule is CCc1ccccc1NC(=O)CSc1nc2c(c(=O)n(C)c(=O)n2C)n1Cc1ccccc1F. The number of anilines is 1. The normalized spacial score (nSPS) is 11.2. The second-order valence-corrected chi connectivity index (χ2v) is 8.74. The number of imidazole rings is 1. The maximum absolute atomic E-state index is 14.4. The summed E-state index contributed by atoms with van der Waals surface area (Å²) in [6.07, 6.45) is 0.777. The van der Waals surface area contributed by atoms with Gasteiger partial charge in [-0.2, -0.15) is 0 Å². The number of para-hydroxylation sites is 1. The lowest BCUT2D eigenvalue weighted by atomic mass is 10.1. The van der Waals surface area contributed by atoms with Gasteiger partial charge in [-0.1, -0.05) is 55.1 Å². The number of benzene rings is 2. The van der Waals surface area contributed by atoms with Gasteiger partial charge in [0.25, 0.3) is 5.56 Å². The van der Waals surface area contributed by atoms with Crippen molar-refractivity contribution in [3.63, 3.8) is 0 Å². The predicted octanol–water partition coefficient (Wildman–Crippen LogP) is 2.91. The van der Waals surface area contributed by atoms with Crippen LogP contribution < -0.4 is 16.6 Å². The number of nitrogens with zero attached hydrogens (tertiary/aromatic N) is 4. The van der Waals surface area contributed by atoms with Gasteiger partial charge in [0, 0.05) is 25.3 Å². The van der Waals surface area contributed by atoms with Gasteiger partial charge in [-0.3, -0.25) is 18.7 Å². The third-order valence-electron chi connectivity index (χ3n) is 5.60. The maximum Gasteiger partial charge on any atom is 0.332 e. The highest BCUT2D eigenvalue weighted by Crippen LogP contribution is 2.24. The minimum absolute atomic E-state index is 0.0207. The highest BCUT2D eigenvalue weighted by molar-refractivity contribution is 7.99. The third kappa shape index (κ3) is 4.41. The summed E-state index contributed by atoms with van der Waals surface area (Å²) in [5.74, 6) is -0.638. The number of aryl methyl sites for hydroxylation is 2. The number of thioether (sulfide) groups is 1. The Hall–Kier alpha value is -3.66. The molecule has 0 saturated carbocycles. The molecule has 0 saturated heterocycles. The van der Waals surface area contributed by atoms with E-state index in [1.165, 1.54) is 24.7 Å². The van der Waals surface area contributed by atoms with Crippen LogP contribution in [-0.4, -0.2) is 30.3 Å². The monoisotopic (exact) mass is 481 g/mol. The third-order valence-corrected chi connectivity index (χ3v) is 6.58. The van der Waals surface area contributed by atoms with Crippen LogP contribution in [0.4, 0.5) is 10.1 Å². The summed E-state index contributed by atoms with van der Waals surface area (Å²) in [6, 6.07) is 13.8. The molecule has 0 unspecified atom stereocenters. The Balaban J connectivity index is 1.71. The smallest absolute Gasteiger partial charge is 0.325 e. The van der Waals surface area contributed by atoms with E-state index in [9.17, 15) is 18.8 Å². The molecular weight excluding hydrogens is 457 g/mol. The molecule has 0 bridgehead atoms. The Morgan fingerprint density at radius 2 is 1.71 bits per heavy atom. The molecule has 1 amide bonds. The van der Waals surface area contributed by atoms with Crippen molar-refractivity contribution in [2.45, 2.75) is 25.0 Å². The van der Waals surface area contributed by atoms with Crippen molar-refractivity contribution < 1.29 is 9.18 Å². The lowest BCUT2D eigenvalue weighted by Gasteiger charge is -2.11. The number of fused-ring (bicyclic) bond motifs is 1. The quantitative estimate of drug-likeness (QED) is 0.410. The molecule has 8 nitrogen and oxygen atoms in total. The molecule has 1 N–H and O–H groups in total. The van der Waals surface area contributed by atoms with Crippen LogP contribution in [0.15, 0.2) is 63.3 Å². The first-order valence-corrected chi connectivity index (χ1v) is 11.7. The molecule has 0 aliphatic rings. The van der Waals surface area contributed by atoms with Crippen molar-refractivity contribution in [1.29, 1.82) is 0 Å². The van der Waals surface area contributed by atoms with Crippen LogP contribution in [0.25, 0.3) is 11.2 Å². The number of amides is 1. The van der Waals surface area contributed by atoms with Crippen LogP contribution in [-0.2, 0) is 31.9 Å². The second kappa shape index (κ2) is 9.68. The van der Waals surface area contributed by atoms with Crippen LogP contribution in [0.5, 0.6) is 0 Å². The molecule has 0 atom stereocenters. The molecule has 2 aromatic carbocycles. The van der Waals surface area contributed by atoms with E-state index in [1.54, 1.807) is 22.8 Å². The topological polar surface area (TPSA) is 90.9 Å². The minimum atomic E-state index is -0.532. The first kappa shape index (κ1) is 23.5. The molecular formula is C24H24FN5O3S. The van der Waals surface area contributed by atoms with E-state index in [1.807, 2.05) is 31.2 Å². The molecule has 4 rings (SSSR count). The van der Waals surface area contributed by atoms with E-state index >= 15 is 0 Å². The van der Waals surface area contributed by atoms with Crippen LogP contribution in [0.3, 0.4) is 0 Å². The minimum Gasteiger partial charge on any atom is -0.325 e. The molecule has 4 aromatic rings. The highest BCUT2D eigenvalue weighted by atomic mass is 32.2. The summed E-state index contributed by atoms with van der Waals surface area (Å²) in [6.45, 7) is 2.04.